The van der Waals surface area contributed by atoms with Gasteiger partial charge in [0.05, 0.1) is 18.0 Å². The van der Waals surface area contributed by atoms with Crippen molar-refractivity contribution in [2.75, 3.05) is 30.3 Å². The van der Waals surface area contributed by atoms with Crippen molar-refractivity contribution < 1.29 is 19.1 Å². The largest absolute Gasteiger partial charge is 0.482 e. The van der Waals surface area contributed by atoms with Gasteiger partial charge < -0.3 is 20.3 Å². The molecule has 0 bridgehead atoms. The van der Waals surface area contributed by atoms with Crippen molar-refractivity contribution in [1.82, 2.24) is 4.90 Å². The van der Waals surface area contributed by atoms with Crippen molar-refractivity contribution in [1.29, 1.82) is 0 Å². The Hall–Kier alpha value is -3.35. The van der Waals surface area contributed by atoms with Crippen molar-refractivity contribution >= 4 is 29.1 Å². The lowest BCUT2D eigenvalue weighted by atomic mass is 9.96. The number of ether oxygens (including phenoxy) is 1. The molecule has 2 heterocycles. The summed E-state index contributed by atoms with van der Waals surface area (Å²) < 4.78 is 5.33. The SMILES string of the molecule is O=C1COc2ccc(NC(=O)C3CCCN(C(=O)Cc4ccccc4)C3)cc2N1. The standard InChI is InChI=1S/C22H23N3O4/c26-20-14-29-19-9-8-17(12-18(19)24-20)23-22(28)16-7-4-10-25(13-16)21(27)11-15-5-2-1-3-6-15/h1-3,5-6,8-9,12,16H,4,7,10-11,13-14H2,(H,23,28)(H,24,26). The van der Waals surface area contributed by atoms with Gasteiger partial charge in [0, 0.05) is 18.8 Å². The third kappa shape index (κ3) is 4.56. The summed E-state index contributed by atoms with van der Waals surface area (Å²) >= 11 is 0. The summed E-state index contributed by atoms with van der Waals surface area (Å²) in [4.78, 5) is 38.6. The topological polar surface area (TPSA) is 87.7 Å². The zero-order valence-electron chi connectivity index (χ0n) is 16.0. The van der Waals surface area contributed by atoms with Crippen LogP contribution in [0.1, 0.15) is 18.4 Å². The molecule has 7 heteroatoms. The molecule has 0 aliphatic carbocycles. The third-order valence-corrected chi connectivity index (χ3v) is 5.22. The highest BCUT2D eigenvalue weighted by Crippen LogP contribution is 2.31. The first-order valence-electron chi connectivity index (χ1n) is 9.78. The smallest absolute Gasteiger partial charge is 0.262 e. The van der Waals surface area contributed by atoms with Crippen molar-refractivity contribution in [2.24, 2.45) is 5.92 Å². The number of benzene rings is 2. The van der Waals surface area contributed by atoms with Crippen LogP contribution in [0.25, 0.3) is 0 Å². The zero-order valence-corrected chi connectivity index (χ0v) is 16.0. The first kappa shape index (κ1) is 19.0. The van der Waals surface area contributed by atoms with E-state index in [9.17, 15) is 14.4 Å². The van der Waals surface area contributed by atoms with Gasteiger partial charge in [-0.15, -0.1) is 0 Å². The molecule has 1 fully saturated rings. The molecule has 0 radical (unpaired) electrons. The molecule has 1 atom stereocenters. The zero-order chi connectivity index (χ0) is 20.2. The number of nitrogens with one attached hydrogen (secondary N) is 2. The van der Waals surface area contributed by atoms with Crippen LogP contribution in [0.4, 0.5) is 11.4 Å². The molecule has 1 saturated heterocycles. The number of carbonyl (C=O) groups excluding carboxylic acids is 3. The summed E-state index contributed by atoms with van der Waals surface area (Å²) in [6.45, 7) is 1.09. The molecule has 0 spiro atoms. The lowest BCUT2D eigenvalue weighted by Gasteiger charge is -2.32. The van der Waals surface area contributed by atoms with Gasteiger partial charge in [-0.05, 0) is 36.6 Å². The summed E-state index contributed by atoms with van der Waals surface area (Å²) in [5.41, 5.74) is 2.11. The minimum atomic E-state index is -0.259. The van der Waals surface area contributed by atoms with Crippen LogP contribution in [0.15, 0.2) is 48.5 Å². The van der Waals surface area contributed by atoms with Gasteiger partial charge in [0.25, 0.3) is 5.91 Å². The molecule has 0 saturated carbocycles. The Morgan fingerprint density at radius 3 is 2.83 bits per heavy atom. The highest BCUT2D eigenvalue weighted by molar-refractivity contribution is 5.98. The van der Waals surface area contributed by atoms with Crippen LogP contribution >= 0.6 is 0 Å². The molecule has 29 heavy (non-hydrogen) atoms. The van der Waals surface area contributed by atoms with E-state index in [1.807, 2.05) is 30.3 Å². The van der Waals surface area contributed by atoms with E-state index in [4.69, 9.17) is 4.74 Å². The van der Waals surface area contributed by atoms with E-state index in [1.165, 1.54) is 0 Å². The Morgan fingerprint density at radius 2 is 2.00 bits per heavy atom. The number of anilines is 2. The first-order chi connectivity index (χ1) is 14.1. The van der Waals surface area contributed by atoms with Gasteiger partial charge in [0.2, 0.25) is 11.8 Å². The summed E-state index contributed by atoms with van der Waals surface area (Å²) in [5.74, 6) is 0.0247. The Morgan fingerprint density at radius 1 is 1.17 bits per heavy atom. The fourth-order valence-corrected chi connectivity index (χ4v) is 3.71. The number of nitrogens with zero attached hydrogens (tertiary/aromatic N) is 1. The Kier molecular flexibility index (Phi) is 5.46. The van der Waals surface area contributed by atoms with E-state index >= 15 is 0 Å². The lowest BCUT2D eigenvalue weighted by molar-refractivity contribution is -0.134. The summed E-state index contributed by atoms with van der Waals surface area (Å²) in [6.07, 6.45) is 1.89. The minimum Gasteiger partial charge on any atom is -0.482 e. The Labute approximate surface area is 169 Å². The maximum absolute atomic E-state index is 12.8. The second-order valence-electron chi connectivity index (χ2n) is 7.38. The van der Waals surface area contributed by atoms with Gasteiger partial charge in [-0.1, -0.05) is 30.3 Å². The maximum atomic E-state index is 12.8. The molecule has 4 rings (SSSR count). The molecular formula is C22H23N3O4. The van der Waals surface area contributed by atoms with Crippen molar-refractivity contribution in [3.8, 4) is 5.75 Å². The Balaban J connectivity index is 1.37. The predicted molar refractivity (Wildman–Crippen MR) is 109 cm³/mol. The number of hydrogen-bond acceptors (Lipinski definition) is 4. The normalized spacial score (nSPS) is 18.3. The van der Waals surface area contributed by atoms with E-state index in [2.05, 4.69) is 10.6 Å². The molecular weight excluding hydrogens is 370 g/mol. The van der Waals surface area contributed by atoms with Crippen LogP contribution in [0.5, 0.6) is 5.75 Å². The highest BCUT2D eigenvalue weighted by Gasteiger charge is 2.28. The van der Waals surface area contributed by atoms with Gasteiger partial charge in [-0.2, -0.15) is 0 Å². The average Bonchev–Trinajstić information content (AvgIpc) is 2.74. The quantitative estimate of drug-likeness (QED) is 0.835. The van der Waals surface area contributed by atoms with Crippen LogP contribution < -0.4 is 15.4 Å². The molecule has 2 aromatic rings. The van der Waals surface area contributed by atoms with E-state index in [-0.39, 0.29) is 30.2 Å². The van der Waals surface area contributed by atoms with Gasteiger partial charge >= 0.3 is 0 Å². The molecule has 2 aliphatic rings. The monoisotopic (exact) mass is 393 g/mol. The number of carbonyl (C=O) groups is 3. The summed E-state index contributed by atoms with van der Waals surface area (Å²) in [7, 11) is 0. The van der Waals surface area contributed by atoms with Crippen LogP contribution in [0.3, 0.4) is 0 Å². The number of amides is 3. The fraction of sp³-hybridized carbons (Fsp3) is 0.318. The number of likely N-dealkylation sites (tertiary alicyclic amines) is 1. The molecule has 150 valence electrons. The van der Waals surface area contributed by atoms with Crippen LogP contribution in [0.2, 0.25) is 0 Å². The Bertz CT molecular complexity index is 929. The molecule has 2 aromatic carbocycles. The molecule has 7 nitrogen and oxygen atoms in total. The van der Waals surface area contributed by atoms with Gasteiger partial charge in [0.15, 0.2) is 6.61 Å². The third-order valence-electron chi connectivity index (χ3n) is 5.22. The number of fused-ring (bicyclic) bond motifs is 1. The fourth-order valence-electron chi connectivity index (χ4n) is 3.71. The van der Waals surface area contributed by atoms with E-state index < -0.39 is 0 Å². The second-order valence-corrected chi connectivity index (χ2v) is 7.38. The maximum Gasteiger partial charge on any atom is 0.262 e. The van der Waals surface area contributed by atoms with Crippen LogP contribution in [-0.4, -0.2) is 42.3 Å². The van der Waals surface area contributed by atoms with Crippen molar-refractivity contribution in [3.63, 3.8) is 0 Å². The molecule has 1 unspecified atom stereocenters. The molecule has 2 aliphatic heterocycles. The number of piperidine rings is 1. The van der Waals surface area contributed by atoms with Gasteiger partial charge in [-0.25, -0.2) is 0 Å². The van der Waals surface area contributed by atoms with Crippen molar-refractivity contribution in [2.45, 2.75) is 19.3 Å². The van der Waals surface area contributed by atoms with Crippen LogP contribution in [-0.2, 0) is 20.8 Å². The van der Waals surface area contributed by atoms with E-state index in [1.54, 1.807) is 23.1 Å². The van der Waals surface area contributed by atoms with E-state index in [0.29, 0.717) is 36.6 Å². The number of rotatable bonds is 4. The van der Waals surface area contributed by atoms with E-state index in [0.717, 1.165) is 18.4 Å². The van der Waals surface area contributed by atoms with Crippen LogP contribution in [0, 0.1) is 5.92 Å². The molecule has 3 amide bonds. The highest BCUT2D eigenvalue weighted by atomic mass is 16.5. The average molecular weight is 393 g/mol. The number of hydrogen-bond donors (Lipinski definition) is 2. The van der Waals surface area contributed by atoms with Gasteiger partial charge in [0.1, 0.15) is 5.75 Å². The van der Waals surface area contributed by atoms with Crippen molar-refractivity contribution in [3.05, 3.63) is 54.1 Å². The van der Waals surface area contributed by atoms with Gasteiger partial charge in [-0.3, -0.25) is 14.4 Å². The summed E-state index contributed by atoms with van der Waals surface area (Å²) in [5, 5.41) is 5.63. The lowest BCUT2D eigenvalue weighted by Crippen LogP contribution is -2.44. The minimum absolute atomic E-state index is 0.00632. The molecule has 0 aromatic heterocycles. The predicted octanol–water partition coefficient (Wildman–Crippen LogP) is 2.44. The summed E-state index contributed by atoms with van der Waals surface area (Å²) in [6, 6.07) is 14.8. The first-order valence-corrected chi connectivity index (χ1v) is 9.78. The molecule has 2 N–H and O–H groups in total. The second kappa shape index (κ2) is 8.34.